The Morgan fingerprint density at radius 2 is 1.89 bits per heavy atom. The Balaban J connectivity index is 2.01. The molecule has 4 heteroatoms. The summed E-state index contributed by atoms with van der Waals surface area (Å²) in [6.45, 7) is 8.33. The van der Waals surface area contributed by atoms with Crippen molar-refractivity contribution >= 4 is 11.6 Å². The Bertz CT molecular complexity index is 767. The molecule has 0 saturated heterocycles. The van der Waals surface area contributed by atoms with Gasteiger partial charge in [0.1, 0.15) is 5.75 Å². The zero-order valence-corrected chi connectivity index (χ0v) is 16.8. The minimum Gasteiger partial charge on any atom is -0.483 e. The summed E-state index contributed by atoms with van der Waals surface area (Å²) in [6, 6.07) is 16.1. The minimum absolute atomic E-state index is 0.0531. The maximum Gasteiger partial charge on any atom is 0.277 e. The van der Waals surface area contributed by atoms with Crippen molar-refractivity contribution in [1.29, 1.82) is 0 Å². The van der Waals surface area contributed by atoms with Crippen molar-refractivity contribution in [2.45, 2.75) is 52.9 Å². The van der Waals surface area contributed by atoms with Gasteiger partial charge in [-0.3, -0.25) is 4.79 Å². The molecule has 0 spiro atoms. The summed E-state index contributed by atoms with van der Waals surface area (Å²) in [5, 5.41) is 4.36. The van der Waals surface area contributed by atoms with Crippen LogP contribution in [0.3, 0.4) is 0 Å². The summed E-state index contributed by atoms with van der Waals surface area (Å²) in [5.74, 6) is 0.843. The monoisotopic (exact) mass is 366 g/mol. The molecule has 1 amide bonds. The largest absolute Gasteiger partial charge is 0.483 e. The van der Waals surface area contributed by atoms with Crippen LogP contribution in [0.25, 0.3) is 0 Å². The fraction of sp³-hybridized carbons (Fsp3) is 0.391. The Labute approximate surface area is 162 Å². The Morgan fingerprint density at radius 1 is 1.15 bits per heavy atom. The van der Waals surface area contributed by atoms with Gasteiger partial charge in [-0.1, -0.05) is 69.7 Å². The molecule has 0 radical (unpaired) electrons. The molecule has 27 heavy (non-hydrogen) atoms. The Morgan fingerprint density at radius 3 is 2.56 bits per heavy atom. The molecule has 0 aliphatic heterocycles. The average molecular weight is 367 g/mol. The van der Waals surface area contributed by atoms with Gasteiger partial charge >= 0.3 is 0 Å². The lowest BCUT2D eigenvalue weighted by atomic mass is 10.0. The van der Waals surface area contributed by atoms with E-state index < -0.39 is 0 Å². The number of aryl methyl sites for hydroxylation is 1. The molecule has 0 aliphatic carbocycles. The molecule has 0 saturated carbocycles. The Kier molecular flexibility index (Phi) is 8.05. The number of ether oxygens (including phenoxy) is 1. The molecule has 2 aromatic carbocycles. The van der Waals surface area contributed by atoms with Crippen molar-refractivity contribution in [3.63, 3.8) is 0 Å². The maximum absolute atomic E-state index is 12.2. The van der Waals surface area contributed by atoms with Crippen molar-refractivity contribution in [3.8, 4) is 5.75 Å². The number of amides is 1. The first kappa shape index (κ1) is 20.7. The third kappa shape index (κ3) is 6.55. The molecule has 0 aliphatic rings. The highest BCUT2D eigenvalue weighted by Gasteiger charge is 2.10. The van der Waals surface area contributed by atoms with Crippen LogP contribution in [0.2, 0.25) is 0 Å². The van der Waals surface area contributed by atoms with Crippen LogP contribution in [0.1, 0.15) is 62.6 Å². The molecule has 2 rings (SSSR count). The van der Waals surface area contributed by atoms with Crippen LogP contribution in [0.5, 0.6) is 5.75 Å². The maximum atomic E-state index is 12.2. The number of hydrogen-bond acceptors (Lipinski definition) is 3. The molecule has 1 N–H and O–H groups in total. The van der Waals surface area contributed by atoms with E-state index in [0.717, 1.165) is 47.4 Å². The van der Waals surface area contributed by atoms with Crippen molar-refractivity contribution < 1.29 is 9.53 Å². The lowest BCUT2D eigenvalue weighted by Crippen LogP contribution is -2.26. The zero-order chi connectivity index (χ0) is 19.6. The number of carbonyl (C=O) groups excluding carboxylic acids is 1. The molecule has 0 atom stereocenters. The van der Waals surface area contributed by atoms with E-state index in [4.69, 9.17) is 4.74 Å². The molecular weight excluding hydrogens is 336 g/mol. The van der Waals surface area contributed by atoms with E-state index in [2.05, 4.69) is 43.4 Å². The molecule has 0 aromatic heterocycles. The third-order valence-electron chi connectivity index (χ3n) is 4.34. The van der Waals surface area contributed by atoms with Crippen molar-refractivity contribution in [3.05, 3.63) is 65.2 Å². The van der Waals surface area contributed by atoms with Gasteiger partial charge in [0.2, 0.25) is 0 Å². The highest BCUT2D eigenvalue weighted by atomic mass is 16.5. The number of nitrogens with zero attached hydrogens (tertiary/aromatic N) is 1. The van der Waals surface area contributed by atoms with Gasteiger partial charge in [-0.05, 0) is 48.4 Å². The second-order valence-electron chi connectivity index (χ2n) is 7.05. The number of hydrogen-bond donors (Lipinski definition) is 1. The van der Waals surface area contributed by atoms with Crippen molar-refractivity contribution in [2.75, 3.05) is 6.61 Å². The summed E-state index contributed by atoms with van der Waals surface area (Å²) < 4.78 is 5.78. The smallest absolute Gasteiger partial charge is 0.277 e. The second kappa shape index (κ2) is 10.5. The molecule has 0 bridgehead atoms. The number of benzene rings is 2. The van der Waals surface area contributed by atoms with Gasteiger partial charge in [0.05, 0.1) is 5.71 Å². The Hall–Kier alpha value is -2.62. The molecule has 4 nitrogen and oxygen atoms in total. The van der Waals surface area contributed by atoms with Gasteiger partial charge in [0, 0.05) is 0 Å². The van der Waals surface area contributed by atoms with Gasteiger partial charge in [0.25, 0.3) is 5.91 Å². The normalized spacial score (nSPS) is 11.5. The van der Waals surface area contributed by atoms with Crippen LogP contribution >= 0.6 is 0 Å². The predicted molar refractivity (Wildman–Crippen MR) is 111 cm³/mol. The van der Waals surface area contributed by atoms with Crippen LogP contribution in [0.4, 0.5) is 0 Å². The average Bonchev–Trinajstić information content (AvgIpc) is 2.67. The van der Waals surface area contributed by atoms with Gasteiger partial charge in [-0.25, -0.2) is 5.43 Å². The summed E-state index contributed by atoms with van der Waals surface area (Å²) >= 11 is 0. The van der Waals surface area contributed by atoms with Crippen LogP contribution in [-0.2, 0) is 4.79 Å². The van der Waals surface area contributed by atoms with Crippen LogP contribution in [0, 0.1) is 6.92 Å². The van der Waals surface area contributed by atoms with Crippen molar-refractivity contribution in [1.82, 2.24) is 5.43 Å². The van der Waals surface area contributed by atoms with E-state index in [1.165, 1.54) is 0 Å². The second-order valence-corrected chi connectivity index (χ2v) is 7.05. The predicted octanol–water partition coefficient (Wildman–Crippen LogP) is 5.21. The number of unbranched alkanes of at least 4 members (excludes halogenated alkanes) is 1. The van der Waals surface area contributed by atoms with Crippen LogP contribution in [-0.4, -0.2) is 18.2 Å². The molecule has 0 heterocycles. The van der Waals surface area contributed by atoms with Crippen LogP contribution in [0.15, 0.2) is 53.6 Å². The van der Waals surface area contributed by atoms with E-state index >= 15 is 0 Å². The topological polar surface area (TPSA) is 50.7 Å². The quantitative estimate of drug-likeness (QED) is 0.489. The van der Waals surface area contributed by atoms with E-state index in [1.54, 1.807) is 0 Å². The van der Waals surface area contributed by atoms with E-state index in [-0.39, 0.29) is 12.5 Å². The number of nitrogens with one attached hydrogen (secondary N) is 1. The van der Waals surface area contributed by atoms with E-state index in [1.807, 2.05) is 43.3 Å². The number of rotatable bonds is 9. The molecule has 0 unspecified atom stereocenters. The first-order chi connectivity index (χ1) is 13.0. The van der Waals surface area contributed by atoms with E-state index in [9.17, 15) is 4.79 Å². The fourth-order valence-electron chi connectivity index (χ4n) is 2.79. The highest BCUT2D eigenvalue weighted by molar-refractivity contribution is 6.01. The molecule has 144 valence electrons. The lowest BCUT2D eigenvalue weighted by Gasteiger charge is -2.14. The van der Waals surface area contributed by atoms with Gasteiger partial charge in [-0.15, -0.1) is 0 Å². The lowest BCUT2D eigenvalue weighted by molar-refractivity contribution is -0.123. The van der Waals surface area contributed by atoms with Gasteiger partial charge in [-0.2, -0.15) is 5.10 Å². The molecule has 2 aromatic rings. The molecule has 0 fully saturated rings. The summed E-state index contributed by atoms with van der Waals surface area (Å²) in [5.41, 5.74) is 6.79. The number of carbonyl (C=O) groups is 1. The standard InChI is InChI=1S/C23H30N2O2/c1-5-6-12-21(19-10-8-7-9-11-19)24-25-23(26)16-27-22-15-18(4)13-14-20(22)17(2)3/h7-11,13-15,17H,5-6,12,16H2,1-4H3,(H,25,26)/b24-21+. The first-order valence-electron chi connectivity index (χ1n) is 9.65. The first-order valence-corrected chi connectivity index (χ1v) is 9.65. The summed E-state index contributed by atoms with van der Waals surface area (Å²) in [7, 11) is 0. The summed E-state index contributed by atoms with van der Waals surface area (Å²) in [4.78, 5) is 12.2. The SMILES string of the molecule is CCCC/C(=N\NC(=O)COc1cc(C)ccc1C(C)C)c1ccccc1. The van der Waals surface area contributed by atoms with Crippen molar-refractivity contribution in [2.24, 2.45) is 5.10 Å². The van der Waals surface area contributed by atoms with Gasteiger partial charge < -0.3 is 4.74 Å². The van der Waals surface area contributed by atoms with Gasteiger partial charge in [0.15, 0.2) is 6.61 Å². The zero-order valence-electron chi connectivity index (χ0n) is 16.8. The summed E-state index contributed by atoms with van der Waals surface area (Å²) in [6.07, 6.45) is 2.94. The molecular formula is C23H30N2O2. The minimum atomic E-state index is -0.254. The number of hydrazone groups is 1. The third-order valence-corrected chi connectivity index (χ3v) is 4.34. The highest BCUT2D eigenvalue weighted by Crippen LogP contribution is 2.27. The van der Waals surface area contributed by atoms with E-state index in [0.29, 0.717) is 5.92 Å². The van der Waals surface area contributed by atoms with Crippen LogP contribution < -0.4 is 10.2 Å². The fourth-order valence-corrected chi connectivity index (χ4v) is 2.79.